The highest BCUT2D eigenvalue weighted by Crippen LogP contribution is 2.54. The van der Waals surface area contributed by atoms with Gasteiger partial charge in [-0.15, -0.1) is 0 Å². The van der Waals surface area contributed by atoms with E-state index in [0.29, 0.717) is 24.7 Å². The second kappa shape index (κ2) is 6.67. The molecule has 0 unspecified atom stereocenters. The summed E-state index contributed by atoms with van der Waals surface area (Å²) < 4.78 is 11.8. The fraction of sp³-hybridized carbons (Fsp3) is 0.316. The maximum atomic E-state index is 10.8. The average molecular weight is 309 g/mol. The zero-order valence-electron chi connectivity index (χ0n) is 13.1. The second-order valence-corrected chi connectivity index (χ2v) is 5.57. The van der Waals surface area contributed by atoms with E-state index in [1.165, 1.54) is 0 Å². The summed E-state index contributed by atoms with van der Waals surface area (Å²) in [7, 11) is 0. The van der Waals surface area contributed by atoms with Crippen LogP contribution in [0.2, 0.25) is 0 Å². The molecule has 23 heavy (non-hydrogen) atoms. The zero-order valence-corrected chi connectivity index (χ0v) is 13.1. The van der Waals surface area contributed by atoms with Gasteiger partial charge >= 0.3 is 0 Å². The standard InChI is InChI=1S/C19H19NO3/c1-2-22-17-10-6-9-16(19(11-12-19)20-14-21)18(17)23-13-15-7-4-3-5-8-15/h3-10H,2,11-13H2,1H3. The van der Waals surface area contributed by atoms with Crippen molar-refractivity contribution >= 4 is 6.08 Å². The van der Waals surface area contributed by atoms with Crippen molar-refractivity contribution in [3.8, 4) is 11.5 Å². The zero-order chi connectivity index (χ0) is 16.1. The van der Waals surface area contributed by atoms with Crippen LogP contribution in [0.25, 0.3) is 0 Å². The minimum atomic E-state index is -0.485. The van der Waals surface area contributed by atoms with Crippen molar-refractivity contribution < 1.29 is 14.3 Å². The molecule has 0 N–H and O–H groups in total. The normalized spacial score (nSPS) is 14.7. The molecule has 0 heterocycles. The molecule has 4 heteroatoms. The Morgan fingerprint density at radius 3 is 2.52 bits per heavy atom. The first-order valence-corrected chi connectivity index (χ1v) is 7.81. The van der Waals surface area contributed by atoms with Crippen LogP contribution in [-0.4, -0.2) is 12.7 Å². The highest BCUT2D eigenvalue weighted by atomic mass is 16.5. The van der Waals surface area contributed by atoms with Gasteiger partial charge in [0.2, 0.25) is 6.08 Å². The van der Waals surface area contributed by atoms with E-state index >= 15 is 0 Å². The van der Waals surface area contributed by atoms with Crippen molar-refractivity contribution in [2.24, 2.45) is 4.99 Å². The third-order valence-corrected chi connectivity index (χ3v) is 3.99. The molecule has 2 aromatic rings. The lowest BCUT2D eigenvalue weighted by atomic mass is 10.0. The maximum absolute atomic E-state index is 10.8. The molecule has 0 spiro atoms. The summed E-state index contributed by atoms with van der Waals surface area (Å²) in [5.74, 6) is 1.36. The molecule has 0 saturated heterocycles. The summed E-state index contributed by atoms with van der Waals surface area (Å²) in [6.07, 6.45) is 3.37. The van der Waals surface area contributed by atoms with Gasteiger partial charge in [0, 0.05) is 5.56 Å². The molecular weight excluding hydrogens is 290 g/mol. The van der Waals surface area contributed by atoms with Crippen molar-refractivity contribution in [1.29, 1.82) is 0 Å². The molecule has 0 radical (unpaired) electrons. The number of rotatable bonds is 7. The number of hydrogen-bond donors (Lipinski definition) is 0. The molecule has 0 atom stereocenters. The van der Waals surface area contributed by atoms with Gasteiger partial charge in [0.1, 0.15) is 12.1 Å². The van der Waals surface area contributed by atoms with E-state index in [1.807, 2.05) is 55.5 Å². The number of aliphatic imine (C=N–C) groups is 1. The fourth-order valence-corrected chi connectivity index (χ4v) is 2.68. The van der Waals surface area contributed by atoms with Gasteiger partial charge in [0.25, 0.3) is 0 Å². The van der Waals surface area contributed by atoms with Crippen LogP contribution in [0.1, 0.15) is 30.9 Å². The molecule has 0 aliphatic heterocycles. The Hall–Kier alpha value is -2.58. The van der Waals surface area contributed by atoms with Gasteiger partial charge in [-0.1, -0.05) is 42.5 Å². The lowest BCUT2D eigenvalue weighted by molar-refractivity contribution is 0.264. The Bertz CT molecular complexity index is 717. The van der Waals surface area contributed by atoms with Crippen LogP contribution in [0.3, 0.4) is 0 Å². The molecule has 1 fully saturated rings. The van der Waals surface area contributed by atoms with E-state index in [9.17, 15) is 4.79 Å². The first kappa shape index (κ1) is 15.3. The Morgan fingerprint density at radius 2 is 1.87 bits per heavy atom. The van der Waals surface area contributed by atoms with E-state index in [4.69, 9.17) is 9.47 Å². The number of hydrogen-bond acceptors (Lipinski definition) is 4. The van der Waals surface area contributed by atoms with Crippen molar-refractivity contribution in [2.75, 3.05) is 6.61 Å². The van der Waals surface area contributed by atoms with Crippen LogP contribution >= 0.6 is 0 Å². The fourth-order valence-electron chi connectivity index (χ4n) is 2.68. The average Bonchev–Trinajstić information content (AvgIpc) is 3.36. The number of benzene rings is 2. The maximum Gasteiger partial charge on any atom is 0.235 e. The van der Waals surface area contributed by atoms with Gasteiger partial charge in [0.15, 0.2) is 11.5 Å². The van der Waals surface area contributed by atoms with E-state index in [1.54, 1.807) is 6.08 Å². The van der Waals surface area contributed by atoms with Crippen molar-refractivity contribution in [1.82, 2.24) is 0 Å². The minimum absolute atomic E-state index is 0.443. The molecule has 3 rings (SSSR count). The number of isocyanates is 1. The Kier molecular flexibility index (Phi) is 4.45. The topological polar surface area (TPSA) is 47.9 Å². The number of para-hydroxylation sites is 1. The number of nitrogens with zero attached hydrogens (tertiary/aromatic N) is 1. The van der Waals surface area contributed by atoms with Crippen LogP contribution in [-0.2, 0) is 16.9 Å². The van der Waals surface area contributed by atoms with E-state index in [2.05, 4.69) is 4.99 Å². The van der Waals surface area contributed by atoms with Crippen LogP contribution in [0.15, 0.2) is 53.5 Å². The molecular formula is C19H19NO3. The van der Waals surface area contributed by atoms with Crippen molar-refractivity contribution in [2.45, 2.75) is 31.9 Å². The predicted octanol–water partition coefficient (Wildman–Crippen LogP) is 3.99. The molecule has 118 valence electrons. The molecule has 0 bridgehead atoms. The lowest BCUT2D eigenvalue weighted by Crippen LogP contribution is -2.09. The van der Waals surface area contributed by atoms with Gasteiger partial charge in [-0.2, -0.15) is 4.99 Å². The lowest BCUT2D eigenvalue weighted by Gasteiger charge is -2.19. The number of carbonyl (C=O) groups excluding carboxylic acids is 1. The highest BCUT2D eigenvalue weighted by Gasteiger charge is 2.47. The molecule has 0 amide bonds. The van der Waals surface area contributed by atoms with Gasteiger partial charge < -0.3 is 9.47 Å². The summed E-state index contributed by atoms with van der Waals surface area (Å²) in [5, 5.41) is 0. The van der Waals surface area contributed by atoms with Crippen molar-refractivity contribution in [3.05, 3.63) is 59.7 Å². The molecule has 1 saturated carbocycles. The SMILES string of the molecule is CCOc1cccc(C2(N=C=O)CC2)c1OCc1ccccc1. The first-order chi connectivity index (χ1) is 11.3. The highest BCUT2D eigenvalue weighted by molar-refractivity contribution is 5.54. The minimum Gasteiger partial charge on any atom is -0.490 e. The summed E-state index contributed by atoms with van der Waals surface area (Å²) in [6.45, 7) is 2.93. The van der Waals surface area contributed by atoms with E-state index in [0.717, 1.165) is 24.0 Å². The van der Waals surface area contributed by atoms with Crippen LogP contribution in [0.4, 0.5) is 0 Å². The molecule has 4 nitrogen and oxygen atoms in total. The van der Waals surface area contributed by atoms with Gasteiger partial charge in [0.05, 0.1) is 6.61 Å². The van der Waals surface area contributed by atoms with Crippen LogP contribution in [0.5, 0.6) is 11.5 Å². The number of ether oxygens (including phenoxy) is 2. The van der Waals surface area contributed by atoms with E-state index in [-0.39, 0.29) is 0 Å². The molecule has 1 aliphatic rings. The van der Waals surface area contributed by atoms with Gasteiger partial charge in [-0.25, -0.2) is 4.79 Å². The predicted molar refractivity (Wildman–Crippen MR) is 87.4 cm³/mol. The van der Waals surface area contributed by atoms with Gasteiger partial charge in [-0.3, -0.25) is 0 Å². The van der Waals surface area contributed by atoms with E-state index < -0.39 is 5.54 Å². The summed E-state index contributed by atoms with van der Waals surface area (Å²) >= 11 is 0. The quantitative estimate of drug-likeness (QED) is 0.574. The Morgan fingerprint density at radius 1 is 1.09 bits per heavy atom. The molecule has 2 aromatic carbocycles. The van der Waals surface area contributed by atoms with Crippen molar-refractivity contribution in [3.63, 3.8) is 0 Å². The largest absolute Gasteiger partial charge is 0.490 e. The smallest absolute Gasteiger partial charge is 0.235 e. The summed E-state index contributed by atoms with van der Waals surface area (Å²) in [5.41, 5.74) is 1.50. The second-order valence-electron chi connectivity index (χ2n) is 5.57. The Labute approximate surface area is 135 Å². The molecule has 0 aromatic heterocycles. The third kappa shape index (κ3) is 3.27. The molecule has 1 aliphatic carbocycles. The monoisotopic (exact) mass is 309 g/mol. The summed E-state index contributed by atoms with van der Waals surface area (Å²) in [6, 6.07) is 15.7. The summed E-state index contributed by atoms with van der Waals surface area (Å²) in [4.78, 5) is 14.8. The first-order valence-electron chi connectivity index (χ1n) is 7.81. The third-order valence-electron chi connectivity index (χ3n) is 3.99. The Balaban J connectivity index is 1.93. The van der Waals surface area contributed by atoms with Gasteiger partial charge in [-0.05, 0) is 31.4 Å². The van der Waals surface area contributed by atoms with Crippen LogP contribution < -0.4 is 9.47 Å². The van der Waals surface area contributed by atoms with Crippen LogP contribution in [0, 0.1) is 0 Å².